The third-order valence-corrected chi connectivity index (χ3v) is 4.75. The maximum absolute atomic E-state index is 12.8. The van der Waals surface area contributed by atoms with E-state index in [2.05, 4.69) is 20.0 Å². The van der Waals surface area contributed by atoms with E-state index in [0.29, 0.717) is 12.1 Å². The summed E-state index contributed by atoms with van der Waals surface area (Å²) in [5.41, 5.74) is -0.438. The van der Waals surface area contributed by atoms with Gasteiger partial charge in [-0.2, -0.15) is 13.2 Å². The Morgan fingerprint density at radius 2 is 1.83 bits per heavy atom. The Hall–Kier alpha value is -2.09. The molecule has 0 atom stereocenters. The lowest BCUT2D eigenvalue weighted by atomic mass is 10.1. The Bertz CT molecular complexity index is 722. The van der Waals surface area contributed by atoms with Gasteiger partial charge in [0.25, 0.3) is 0 Å². The fraction of sp³-hybridized carbons (Fsp3) is 0.500. The van der Waals surface area contributed by atoms with Gasteiger partial charge in [-0.25, -0.2) is 0 Å². The van der Waals surface area contributed by atoms with Crippen molar-refractivity contribution in [1.29, 1.82) is 0 Å². The first-order valence-corrected chi connectivity index (χ1v) is 8.01. The van der Waals surface area contributed by atoms with Crippen molar-refractivity contribution in [1.82, 2.24) is 15.1 Å². The number of rotatable bonds is 2. The van der Waals surface area contributed by atoms with Crippen molar-refractivity contribution in [3.05, 3.63) is 29.8 Å². The molecule has 2 bridgehead atoms. The molecule has 0 saturated carbocycles. The zero-order chi connectivity index (χ0) is 16.7. The van der Waals surface area contributed by atoms with E-state index in [9.17, 15) is 13.2 Å². The van der Waals surface area contributed by atoms with E-state index >= 15 is 0 Å². The minimum atomic E-state index is -4.39. The summed E-state index contributed by atoms with van der Waals surface area (Å²) in [6.45, 7) is 3.87. The molecule has 5 rings (SSSR count). The normalized spacial score (nSPS) is 24.2. The van der Waals surface area contributed by atoms with Crippen LogP contribution in [0.25, 0.3) is 11.5 Å². The molecule has 0 spiro atoms. The molecule has 2 aromatic rings. The van der Waals surface area contributed by atoms with Crippen molar-refractivity contribution in [2.45, 2.75) is 25.1 Å². The van der Waals surface area contributed by atoms with Crippen LogP contribution in [0.1, 0.15) is 18.4 Å². The summed E-state index contributed by atoms with van der Waals surface area (Å²) in [6.07, 6.45) is -2.31. The summed E-state index contributed by atoms with van der Waals surface area (Å²) in [6, 6.07) is 5.73. The number of fused-ring (bicyclic) bond motifs is 4. The molecule has 3 aliphatic rings. The predicted octanol–water partition coefficient (Wildman–Crippen LogP) is 3.04. The molecule has 5 nitrogen and oxygen atoms in total. The van der Waals surface area contributed by atoms with Crippen LogP contribution in [-0.4, -0.2) is 47.3 Å². The Kier molecular flexibility index (Phi) is 3.71. The van der Waals surface area contributed by atoms with Crippen molar-refractivity contribution >= 4 is 6.01 Å². The van der Waals surface area contributed by atoms with Gasteiger partial charge in [-0.15, -0.1) is 5.10 Å². The molecule has 0 unspecified atom stereocenters. The fourth-order valence-corrected chi connectivity index (χ4v) is 3.41. The van der Waals surface area contributed by atoms with E-state index in [0.717, 1.165) is 51.2 Å². The monoisotopic (exact) mass is 338 g/mol. The average Bonchev–Trinajstić information content (AvgIpc) is 2.87. The van der Waals surface area contributed by atoms with Gasteiger partial charge in [0.15, 0.2) is 0 Å². The summed E-state index contributed by atoms with van der Waals surface area (Å²) >= 11 is 0. The van der Waals surface area contributed by atoms with Crippen molar-refractivity contribution in [3.63, 3.8) is 0 Å². The van der Waals surface area contributed by atoms with E-state index in [1.807, 2.05) is 0 Å². The lowest BCUT2D eigenvalue weighted by Crippen LogP contribution is -2.38. The minimum absolute atomic E-state index is 0.121. The van der Waals surface area contributed by atoms with Crippen molar-refractivity contribution in [2.75, 3.05) is 31.1 Å². The van der Waals surface area contributed by atoms with Crippen LogP contribution in [0, 0.1) is 0 Å². The van der Waals surface area contributed by atoms with Crippen LogP contribution in [0.3, 0.4) is 0 Å². The predicted molar refractivity (Wildman–Crippen MR) is 81.5 cm³/mol. The second kappa shape index (κ2) is 5.77. The molecule has 128 valence electrons. The maximum Gasteiger partial charge on any atom is 0.416 e. The van der Waals surface area contributed by atoms with Crippen LogP contribution in [0.15, 0.2) is 28.7 Å². The molecule has 8 heteroatoms. The zero-order valence-corrected chi connectivity index (χ0v) is 13.0. The summed E-state index contributed by atoms with van der Waals surface area (Å²) in [7, 11) is 0. The number of anilines is 1. The van der Waals surface area contributed by atoms with Gasteiger partial charge in [0.05, 0.1) is 5.56 Å². The van der Waals surface area contributed by atoms with Crippen molar-refractivity contribution in [2.24, 2.45) is 0 Å². The summed E-state index contributed by atoms with van der Waals surface area (Å²) < 4.78 is 44.2. The number of hydrogen-bond donors (Lipinski definition) is 0. The van der Waals surface area contributed by atoms with E-state index in [1.54, 1.807) is 6.07 Å². The number of piperidine rings is 1. The largest absolute Gasteiger partial charge is 0.416 e. The number of alkyl halides is 3. The van der Waals surface area contributed by atoms with Crippen LogP contribution in [0.5, 0.6) is 0 Å². The highest BCUT2D eigenvalue weighted by Crippen LogP contribution is 2.33. The van der Waals surface area contributed by atoms with Crippen LogP contribution in [-0.2, 0) is 6.18 Å². The average molecular weight is 338 g/mol. The summed E-state index contributed by atoms with van der Waals surface area (Å²) in [5, 5.41) is 8.03. The van der Waals surface area contributed by atoms with Gasteiger partial charge in [0.1, 0.15) is 0 Å². The third kappa shape index (κ3) is 2.86. The Labute approximate surface area is 137 Å². The van der Waals surface area contributed by atoms with Gasteiger partial charge in [-0.1, -0.05) is 11.2 Å². The van der Waals surface area contributed by atoms with Gasteiger partial charge in [-0.05, 0) is 31.0 Å². The highest BCUT2D eigenvalue weighted by molar-refractivity contribution is 5.55. The highest BCUT2D eigenvalue weighted by atomic mass is 19.4. The summed E-state index contributed by atoms with van der Waals surface area (Å²) in [4.78, 5) is 4.50. The highest BCUT2D eigenvalue weighted by Gasteiger charge is 2.33. The van der Waals surface area contributed by atoms with Gasteiger partial charge in [-0.3, -0.25) is 0 Å². The van der Waals surface area contributed by atoms with E-state index < -0.39 is 11.7 Å². The van der Waals surface area contributed by atoms with Gasteiger partial charge < -0.3 is 14.2 Å². The second-order valence-electron chi connectivity index (χ2n) is 6.23. The summed E-state index contributed by atoms with van der Waals surface area (Å²) in [5.74, 6) is 0.121. The quantitative estimate of drug-likeness (QED) is 0.842. The molecule has 0 radical (unpaired) electrons. The van der Waals surface area contributed by atoms with Crippen molar-refractivity contribution < 1.29 is 17.6 Å². The fourth-order valence-electron chi connectivity index (χ4n) is 3.41. The van der Waals surface area contributed by atoms with Gasteiger partial charge in [0.2, 0.25) is 5.89 Å². The smallest absolute Gasteiger partial charge is 0.403 e. The van der Waals surface area contributed by atoms with E-state index in [4.69, 9.17) is 4.42 Å². The second-order valence-corrected chi connectivity index (χ2v) is 6.23. The molecule has 0 aliphatic carbocycles. The molecule has 3 saturated heterocycles. The minimum Gasteiger partial charge on any atom is -0.403 e. The number of benzene rings is 1. The molecular weight excluding hydrogens is 321 g/mol. The lowest BCUT2D eigenvalue weighted by molar-refractivity contribution is -0.137. The Morgan fingerprint density at radius 1 is 1.04 bits per heavy atom. The molecule has 0 amide bonds. The van der Waals surface area contributed by atoms with Crippen molar-refractivity contribution in [3.8, 4) is 11.5 Å². The first kappa shape index (κ1) is 15.4. The third-order valence-electron chi connectivity index (χ3n) is 4.75. The van der Waals surface area contributed by atoms with Gasteiger partial charge >= 0.3 is 12.2 Å². The molecule has 1 aromatic carbocycles. The molecule has 3 aliphatic heterocycles. The van der Waals surface area contributed by atoms with Gasteiger partial charge in [0, 0.05) is 37.8 Å². The molecule has 0 N–H and O–H groups in total. The first-order chi connectivity index (χ1) is 11.5. The number of halogens is 3. The molecule has 4 heterocycles. The SMILES string of the molecule is FC(F)(F)c1cccc(-c2nnc(N3CCN4CCC3CC4)o2)c1. The zero-order valence-electron chi connectivity index (χ0n) is 13.0. The van der Waals surface area contributed by atoms with Crippen LogP contribution in [0.2, 0.25) is 0 Å². The Balaban J connectivity index is 1.61. The maximum atomic E-state index is 12.8. The standard InChI is InChI=1S/C16H17F3N4O/c17-16(18,19)12-3-1-2-11(10-12)14-20-21-15(24-14)23-9-8-22-6-4-13(23)5-7-22/h1-3,10,13H,4-9H2. The number of hydrogen-bond acceptors (Lipinski definition) is 5. The van der Waals surface area contributed by atoms with Crippen LogP contribution in [0.4, 0.5) is 19.2 Å². The lowest BCUT2D eigenvalue weighted by Gasteiger charge is -2.29. The van der Waals surface area contributed by atoms with Crippen LogP contribution >= 0.6 is 0 Å². The molecular formula is C16H17F3N4O. The van der Waals surface area contributed by atoms with E-state index in [1.165, 1.54) is 6.07 Å². The molecule has 24 heavy (non-hydrogen) atoms. The number of nitrogens with zero attached hydrogens (tertiary/aromatic N) is 4. The first-order valence-electron chi connectivity index (χ1n) is 8.01. The molecule has 3 fully saturated rings. The van der Waals surface area contributed by atoms with Crippen LogP contribution < -0.4 is 4.90 Å². The molecule has 1 aromatic heterocycles. The van der Waals surface area contributed by atoms with E-state index in [-0.39, 0.29) is 11.5 Å². The Morgan fingerprint density at radius 3 is 2.58 bits per heavy atom. The number of aromatic nitrogens is 2. The topological polar surface area (TPSA) is 45.4 Å².